The third-order valence-corrected chi connectivity index (χ3v) is 3.94. The van der Waals surface area contributed by atoms with Gasteiger partial charge in [0.15, 0.2) is 0 Å². The number of nitrogens with one attached hydrogen (secondary N) is 2. The van der Waals surface area contributed by atoms with Gasteiger partial charge in [-0.3, -0.25) is 4.79 Å². The summed E-state index contributed by atoms with van der Waals surface area (Å²) in [6, 6.07) is 14.2. The number of hydrogen-bond donors (Lipinski definition) is 2. The minimum atomic E-state index is -0.440. The Morgan fingerprint density at radius 2 is 1.83 bits per heavy atom. The van der Waals surface area contributed by atoms with Gasteiger partial charge in [-0.15, -0.1) is 0 Å². The lowest BCUT2D eigenvalue weighted by molar-refractivity contribution is 0.0526. The molecule has 0 bridgehead atoms. The van der Waals surface area contributed by atoms with Crippen molar-refractivity contribution in [1.29, 1.82) is 0 Å². The summed E-state index contributed by atoms with van der Waals surface area (Å²) in [4.78, 5) is 32.3. The second-order valence-corrected chi connectivity index (χ2v) is 5.96. The lowest BCUT2D eigenvalue weighted by Gasteiger charge is -2.08. The maximum Gasteiger partial charge on any atom is 0.338 e. The molecule has 1 aromatic heterocycles. The van der Waals surface area contributed by atoms with Crippen LogP contribution in [0.1, 0.15) is 33.3 Å². The van der Waals surface area contributed by atoms with Crippen molar-refractivity contribution < 1.29 is 18.7 Å². The Morgan fingerprint density at radius 1 is 1.07 bits per heavy atom. The average Bonchev–Trinajstić information content (AvgIpc) is 2.74. The van der Waals surface area contributed by atoms with Crippen LogP contribution in [0.15, 0.2) is 60.8 Å². The van der Waals surface area contributed by atoms with Crippen molar-refractivity contribution in [3.05, 3.63) is 83.4 Å². The predicted molar refractivity (Wildman–Crippen MR) is 106 cm³/mol. The van der Waals surface area contributed by atoms with Crippen LogP contribution in [-0.4, -0.2) is 28.5 Å². The fourth-order valence-corrected chi connectivity index (χ4v) is 2.49. The number of aromatic nitrogens is 2. The van der Waals surface area contributed by atoms with Crippen LogP contribution in [0.3, 0.4) is 0 Å². The van der Waals surface area contributed by atoms with Crippen LogP contribution in [0, 0.1) is 5.82 Å². The quantitative estimate of drug-likeness (QED) is 0.594. The molecule has 3 rings (SSSR count). The fraction of sp³-hybridized carbons (Fsp3) is 0.143. The van der Waals surface area contributed by atoms with E-state index in [9.17, 15) is 14.0 Å². The van der Waals surface area contributed by atoms with Crippen molar-refractivity contribution in [2.24, 2.45) is 0 Å². The number of carbonyl (C=O) groups is 2. The van der Waals surface area contributed by atoms with Gasteiger partial charge >= 0.3 is 5.97 Å². The highest BCUT2D eigenvalue weighted by atomic mass is 19.1. The number of benzene rings is 2. The number of anilines is 2. The highest BCUT2D eigenvalue weighted by Gasteiger charge is 2.11. The van der Waals surface area contributed by atoms with Gasteiger partial charge in [-0.25, -0.2) is 19.2 Å². The third-order valence-electron chi connectivity index (χ3n) is 3.94. The number of hydrogen-bond acceptors (Lipinski definition) is 6. The van der Waals surface area contributed by atoms with Gasteiger partial charge in [0.2, 0.25) is 5.95 Å². The Kier molecular flexibility index (Phi) is 6.47. The zero-order valence-corrected chi connectivity index (χ0v) is 15.7. The minimum absolute atomic E-state index is 0.144. The number of halogens is 1. The van der Waals surface area contributed by atoms with Crippen molar-refractivity contribution in [3.8, 4) is 0 Å². The normalized spacial score (nSPS) is 10.3. The number of rotatable bonds is 7. The maximum absolute atomic E-state index is 13.7. The van der Waals surface area contributed by atoms with E-state index >= 15 is 0 Å². The van der Waals surface area contributed by atoms with Crippen LogP contribution in [0.25, 0.3) is 0 Å². The summed E-state index contributed by atoms with van der Waals surface area (Å²) in [5.74, 6) is -0.990. The molecule has 148 valence electrons. The van der Waals surface area contributed by atoms with Crippen LogP contribution in [0.5, 0.6) is 0 Å². The van der Waals surface area contributed by atoms with Crippen molar-refractivity contribution in [2.45, 2.75) is 13.5 Å². The molecule has 29 heavy (non-hydrogen) atoms. The number of carbonyl (C=O) groups excluding carboxylic acids is 2. The summed E-state index contributed by atoms with van der Waals surface area (Å²) in [5, 5.41) is 5.60. The fourth-order valence-electron chi connectivity index (χ4n) is 2.49. The Balaban J connectivity index is 1.63. The summed E-state index contributed by atoms with van der Waals surface area (Å²) in [5.41, 5.74) is 1.51. The van der Waals surface area contributed by atoms with E-state index in [1.165, 1.54) is 18.3 Å². The van der Waals surface area contributed by atoms with Gasteiger partial charge in [0.25, 0.3) is 5.91 Å². The van der Waals surface area contributed by atoms with Crippen LogP contribution in [-0.2, 0) is 11.3 Å². The Hall–Kier alpha value is -3.81. The summed E-state index contributed by atoms with van der Waals surface area (Å²) in [7, 11) is 0. The molecule has 2 N–H and O–H groups in total. The summed E-state index contributed by atoms with van der Waals surface area (Å²) in [6.07, 6.45) is 1.44. The van der Waals surface area contributed by atoms with E-state index in [2.05, 4.69) is 20.6 Å². The zero-order valence-electron chi connectivity index (χ0n) is 15.7. The molecule has 0 spiro atoms. The smallest absolute Gasteiger partial charge is 0.338 e. The van der Waals surface area contributed by atoms with Crippen LogP contribution >= 0.6 is 0 Å². The van der Waals surface area contributed by atoms with Gasteiger partial charge in [-0.2, -0.15) is 0 Å². The van der Waals surface area contributed by atoms with Crippen LogP contribution < -0.4 is 10.6 Å². The Bertz CT molecular complexity index is 1010. The molecule has 0 unspecified atom stereocenters. The molecule has 3 aromatic rings. The molecular weight excluding hydrogens is 375 g/mol. The summed E-state index contributed by atoms with van der Waals surface area (Å²) < 4.78 is 18.6. The minimum Gasteiger partial charge on any atom is -0.462 e. The molecule has 2 aromatic carbocycles. The topological polar surface area (TPSA) is 93.2 Å². The van der Waals surface area contributed by atoms with Gasteiger partial charge in [-0.05, 0) is 43.3 Å². The third kappa shape index (κ3) is 5.35. The second-order valence-electron chi connectivity index (χ2n) is 5.96. The van der Waals surface area contributed by atoms with Gasteiger partial charge in [0.1, 0.15) is 11.5 Å². The van der Waals surface area contributed by atoms with Gasteiger partial charge in [-0.1, -0.05) is 18.2 Å². The average molecular weight is 394 g/mol. The lowest BCUT2D eigenvalue weighted by Crippen LogP contribution is -2.15. The van der Waals surface area contributed by atoms with Gasteiger partial charge in [0, 0.05) is 24.0 Å². The van der Waals surface area contributed by atoms with Crippen LogP contribution in [0.4, 0.5) is 16.0 Å². The number of amides is 1. The zero-order chi connectivity index (χ0) is 20.6. The van der Waals surface area contributed by atoms with E-state index in [1.807, 2.05) is 0 Å². The summed E-state index contributed by atoms with van der Waals surface area (Å²) >= 11 is 0. The first-order valence-electron chi connectivity index (χ1n) is 8.95. The number of nitrogens with zero attached hydrogens (tertiary/aromatic N) is 2. The molecule has 0 saturated heterocycles. The van der Waals surface area contributed by atoms with Crippen molar-refractivity contribution in [3.63, 3.8) is 0 Å². The monoisotopic (exact) mass is 394 g/mol. The lowest BCUT2D eigenvalue weighted by atomic mass is 10.2. The Morgan fingerprint density at radius 3 is 2.55 bits per heavy atom. The van der Waals surface area contributed by atoms with E-state index in [-0.39, 0.29) is 30.6 Å². The first-order chi connectivity index (χ1) is 14.1. The molecule has 0 aliphatic carbocycles. The van der Waals surface area contributed by atoms with Crippen molar-refractivity contribution in [1.82, 2.24) is 9.97 Å². The van der Waals surface area contributed by atoms with Gasteiger partial charge < -0.3 is 15.4 Å². The molecule has 1 amide bonds. The molecule has 0 saturated carbocycles. The first-order valence-corrected chi connectivity index (χ1v) is 8.95. The van der Waals surface area contributed by atoms with E-state index in [0.717, 1.165) is 0 Å². The molecular formula is C21H19FN4O3. The molecule has 0 aliphatic heterocycles. The molecule has 0 aliphatic rings. The predicted octanol–water partition coefficient (Wildman–Crippen LogP) is 3.66. The maximum atomic E-state index is 13.7. The van der Waals surface area contributed by atoms with Crippen LogP contribution in [0.2, 0.25) is 0 Å². The van der Waals surface area contributed by atoms with E-state index in [1.54, 1.807) is 49.4 Å². The van der Waals surface area contributed by atoms with E-state index in [0.29, 0.717) is 16.8 Å². The second kappa shape index (κ2) is 9.41. The largest absolute Gasteiger partial charge is 0.462 e. The van der Waals surface area contributed by atoms with E-state index in [4.69, 9.17) is 4.74 Å². The first kappa shape index (κ1) is 19.9. The molecule has 0 radical (unpaired) electrons. The standard InChI is InChI=1S/C21H19FN4O3/c1-2-29-20(28)14-7-9-16(10-8-14)25-19(27)18-11-12-23-21(26-18)24-13-15-5-3-4-6-17(15)22/h3-12H,2,13H2,1H3,(H,25,27)(H,23,24,26). The van der Waals surface area contributed by atoms with Crippen molar-refractivity contribution >= 4 is 23.5 Å². The van der Waals surface area contributed by atoms with E-state index < -0.39 is 11.9 Å². The van der Waals surface area contributed by atoms with Crippen molar-refractivity contribution in [2.75, 3.05) is 17.2 Å². The molecule has 0 fully saturated rings. The molecule has 8 heteroatoms. The summed E-state index contributed by atoms with van der Waals surface area (Å²) in [6.45, 7) is 2.21. The SMILES string of the molecule is CCOC(=O)c1ccc(NC(=O)c2ccnc(NCc3ccccc3F)n2)cc1. The molecule has 0 atom stereocenters. The van der Waals surface area contributed by atoms with Gasteiger partial charge in [0.05, 0.1) is 12.2 Å². The number of esters is 1. The Labute approximate surface area is 167 Å². The highest BCUT2D eigenvalue weighted by Crippen LogP contribution is 2.13. The number of ether oxygens (including phenoxy) is 1. The molecule has 1 heterocycles. The highest BCUT2D eigenvalue weighted by molar-refractivity contribution is 6.03. The molecule has 7 nitrogen and oxygen atoms in total.